The fraction of sp³-hybridized carbons (Fsp3) is 0.333. The topological polar surface area (TPSA) is 93.4 Å². The zero-order valence-electron chi connectivity index (χ0n) is 17.2. The van der Waals surface area contributed by atoms with Crippen molar-refractivity contribution in [2.24, 2.45) is 0 Å². The van der Waals surface area contributed by atoms with Crippen LogP contribution in [0, 0.1) is 12.7 Å². The van der Waals surface area contributed by atoms with E-state index >= 15 is 0 Å². The van der Waals surface area contributed by atoms with Gasteiger partial charge < -0.3 is 14.6 Å². The molecule has 1 aromatic carbocycles. The minimum atomic E-state index is -1.42. The number of amides is 1. The van der Waals surface area contributed by atoms with Crippen molar-refractivity contribution in [1.29, 1.82) is 0 Å². The molecule has 3 heterocycles. The molecule has 2 aromatic heterocycles. The number of cyclic esters (lactones) is 1. The van der Waals surface area contributed by atoms with Gasteiger partial charge in [-0.1, -0.05) is 35.0 Å². The Hall–Kier alpha value is -3.56. The number of nitrogens with zero attached hydrogens (tertiary/aromatic N) is 4. The fourth-order valence-electron chi connectivity index (χ4n) is 3.23. The normalized spacial score (nSPS) is 18.0. The standard InChI is InChI=1S/C21H21F2N5O3/c1-11-4-6-14(7-5-11)18-8-16(27-31-18)13(3)25-20-24-9-15(23)19(26-20)28-17(12(2)22)10-30-21(28)29/h4-9,12-13,17H,10H2,1-3H3,(H,24,25,26)/t12-,13+,17-/m1/s1. The van der Waals surface area contributed by atoms with Crippen LogP contribution in [-0.2, 0) is 4.74 Å². The molecule has 1 amide bonds. The number of benzene rings is 1. The van der Waals surface area contributed by atoms with E-state index in [1.807, 2.05) is 31.2 Å². The minimum absolute atomic E-state index is 0.0498. The smallest absolute Gasteiger partial charge is 0.416 e. The number of alkyl halides is 1. The first-order valence-electron chi connectivity index (χ1n) is 9.76. The van der Waals surface area contributed by atoms with E-state index in [1.165, 1.54) is 6.92 Å². The maximum atomic E-state index is 14.4. The molecule has 0 bridgehead atoms. The molecule has 0 radical (unpaired) electrons. The first-order chi connectivity index (χ1) is 14.8. The van der Waals surface area contributed by atoms with Crippen molar-refractivity contribution in [2.75, 3.05) is 16.8 Å². The number of hydrogen-bond donors (Lipinski definition) is 1. The van der Waals surface area contributed by atoms with Crippen LogP contribution in [0.5, 0.6) is 0 Å². The molecular weight excluding hydrogens is 408 g/mol. The Bertz CT molecular complexity index is 1090. The number of carbonyl (C=O) groups excluding carboxylic acids is 1. The number of aryl methyl sites for hydroxylation is 1. The van der Waals surface area contributed by atoms with Gasteiger partial charge in [-0.15, -0.1) is 0 Å². The molecule has 1 N–H and O–H groups in total. The first-order valence-corrected chi connectivity index (χ1v) is 9.76. The monoisotopic (exact) mass is 429 g/mol. The van der Waals surface area contributed by atoms with Crippen molar-refractivity contribution in [2.45, 2.75) is 39.0 Å². The highest BCUT2D eigenvalue weighted by molar-refractivity contribution is 5.89. The number of hydrogen-bond acceptors (Lipinski definition) is 7. The van der Waals surface area contributed by atoms with Gasteiger partial charge in [0.1, 0.15) is 24.5 Å². The van der Waals surface area contributed by atoms with Crippen molar-refractivity contribution >= 4 is 17.9 Å². The van der Waals surface area contributed by atoms with E-state index in [9.17, 15) is 13.6 Å². The van der Waals surface area contributed by atoms with Crippen LogP contribution in [0.1, 0.15) is 31.1 Å². The van der Waals surface area contributed by atoms with E-state index < -0.39 is 24.1 Å². The molecule has 0 spiro atoms. The van der Waals surface area contributed by atoms with Crippen LogP contribution in [0.4, 0.5) is 25.3 Å². The molecule has 1 aliphatic heterocycles. The number of anilines is 2. The Labute approximate surface area is 177 Å². The van der Waals surface area contributed by atoms with Crippen LogP contribution in [0.15, 0.2) is 41.1 Å². The Balaban J connectivity index is 1.54. The highest BCUT2D eigenvalue weighted by Gasteiger charge is 2.40. The summed E-state index contributed by atoms with van der Waals surface area (Å²) in [5, 5.41) is 7.07. The van der Waals surface area contributed by atoms with E-state index in [0.29, 0.717) is 11.5 Å². The van der Waals surface area contributed by atoms with Gasteiger partial charge in [-0.25, -0.2) is 23.5 Å². The molecule has 0 aliphatic carbocycles. The third-order valence-electron chi connectivity index (χ3n) is 5.04. The largest absolute Gasteiger partial charge is 0.447 e. The molecule has 162 valence electrons. The summed E-state index contributed by atoms with van der Waals surface area (Å²) in [5.41, 5.74) is 2.60. The van der Waals surface area contributed by atoms with Crippen molar-refractivity contribution in [3.8, 4) is 11.3 Å². The van der Waals surface area contributed by atoms with Gasteiger partial charge in [-0.2, -0.15) is 4.98 Å². The van der Waals surface area contributed by atoms with Gasteiger partial charge in [-0.3, -0.25) is 0 Å². The Kier molecular flexibility index (Phi) is 5.53. The van der Waals surface area contributed by atoms with Gasteiger partial charge in [0.05, 0.1) is 12.2 Å². The Morgan fingerprint density at radius 2 is 2.00 bits per heavy atom. The maximum Gasteiger partial charge on any atom is 0.416 e. The molecule has 0 unspecified atom stereocenters. The third kappa shape index (κ3) is 4.18. The zero-order valence-corrected chi connectivity index (χ0v) is 17.2. The van der Waals surface area contributed by atoms with E-state index in [0.717, 1.165) is 22.2 Å². The molecule has 10 heteroatoms. The number of carbonyl (C=O) groups is 1. The summed E-state index contributed by atoms with van der Waals surface area (Å²) in [6.07, 6.45) is -1.36. The summed E-state index contributed by atoms with van der Waals surface area (Å²) in [7, 11) is 0. The van der Waals surface area contributed by atoms with Crippen molar-refractivity contribution in [1.82, 2.24) is 15.1 Å². The second-order valence-electron chi connectivity index (χ2n) is 7.41. The van der Waals surface area contributed by atoms with Gasteiger partial charge in [0, 0.05) is 11.6 Å². The number of aromatic nitrogens is 3. The highest BCUT2D eigenvalue weighted by Crippen LogP contribution is 2.29. The van der Waals surface area contributed by atoms with Crippen LogP contribution in [0.25, 0.3) is 11.3 Å². The summed E-state index contributed by atoms with van der Waals surface area (Å²) in [6.45, 7) is 4.90. The number of halogens is 2. The summed E-state index contributed by atoms with van der Waals surface area (Å²) in [4.78, 5) is 20.9. The molecule has 4 rings (SSSR count). The van der Waals surface area contributed by atoms with Crippen LogP contribution in [0.2, 0.25) is 0 Å². The lowest BCUT2D eigenvalue weighted by Gasteiger charge is -2.22. The Morgan fingerprint density at radius 1 is 1.26 bits per heavy atom. The summed E-state index contributed by atoms with van der Waals surface area (Å²) >= 11 is 0. The van der Waals surface area contributed by atoms with Crippen molar-refractivity contribution in [3.05, 3.63) is 53.6 Å². The minimum Gasteiger partial charge on any atom is -0.447 e. The quantitative estimate of drug-likeness (QED) is 0.619. The maximum absolute atomic E-state index is 14.4. The van der Waals surface area contributed by atoms with Crippen LogP contribution in [-0.4, -0.2) is 40.0 Å². The van der Waals surface area contributed by atoms with Crippen molar-refractivity contribution in [3.63, 3.8) is 0 Å². The van der Waals surface area contributed by atoms with E-state index in [1.54, 1.807) is 13.0 Å². The lowest BCUT2D eigenvalue weighted by Crippen LogP contribution is -2.40. The van der Waals surface area contributed by atoms with E-state index in [4.69, 9.17) is 9.26 Å². The van der Waals surface area contributed by atoms with Gasteiger partial charge in [-0.05, 0) is 20.8 Å². The molecule has 1 aliphatic rings. The zero-order chi connectivity index (χ0) is 22.1. The van der Waals surface area contributed by atoms with Gasteiger partial charge in [0.25, 0.3) is 0 Å². The van der Waals surface area contributed by atoms with Gasteiger partial charge >= 0.3 is 6.09 Å². The number of rotatable bonds is 6. The lowest BCUT2D eigenvalue weighted by molar-refractivity contribution is 0.174. The predicted molar refractivity (Wildman–Crippen MR) is 109 cm³/mol. The molecule has 0 saturated carbocycles. The molecule has 8 nitrogen and oxygen atoms in total. The second kappa shape index (κ2) is 8.29. The fourth-order valence-corrected chi connectivity index (χ4v) is 3.23. The molecule has 1 saturated heterocycles. The molecule has 3 atom stereocenters. The summed E-state index contributed by atoms with van der Waals surface area (Å²) < 4.78 is 38.5. The summed E-state index contributed by atoms with van der Waals surface area (Å²) in [6, 6.07) is 8.25. The molecule has 1 fully saturated rings. The van der Waals surface area contributed by atoms with Crippen LogP contribution < -0.4 is 10.2 Å². The van der Waals surface area contributed by atoms with E-state index in [-0.39, 0.29) is 24.4 Å². The number of nitrogens with one attached hydrogen (secondary N) is 1. The SMILES string of the molecule is Cc1ccc(-c2cc([C@H](C)Nc3ncc(F)c(N4C(=O)OC[C@@H]4[C@@H](C)F)n3)no2)cc1. The lowest BCUT2D eigenvalue weighted by atomic mass is 10.1. The second-order valence-corrected chi connectivity index (χ2v) is 7.41. The van der Waals surface area contributed by atoms with E-state index in [2.05, 4.69) is 20.4 Å². The summed E-state index contributed by atoms with van der Waals surface area (Å²) in [5.74, 6) is -0.550. The van der Waals surface area contributed by atoms with Crippen molar-refractivity contribution < 1.29 is 22.8 Å². The molecule has 3 aromatic rings. The molecule has 31 heavy (non-hydrogen) atoms. The first kappa shape index (κ1) is 20.7. The average Bonchev–Trinajstić information content (AvgIpc) is 3.37. The highest BCUT2D eigenvalue weighted by atomic mass is 19.1. The predicted octanol–water partition coefficient (Wildman–Crippen LogP) is 4.44. The van der Waals surface area contributed by atoms with Crippen LogP contribution >= 0.6 is 0 Å². The number of ether oxygens (including phenoxy) is 1. The molecular formula is C21H21F2N5O3. The third-order valence-corrected chi connectivity index (χ3v) is 5.04. The van der Waals surface area contributed by atoms with Gasteiger partial charge in [0.15, 0.2) is 17.4 Å². The van der Waals surface area contributed by atoms with Crippen LogP contribution in [0.3, 0.4) is 0 Å². The average molecular weight is 429 g/mol. The van der Waals surface area contributed by atoms with Gasteiger partial charge in [0.2, 0.25) is 5.95 Å². The Morgan fingerprint density at radius 3 is 2.71 bits per heavy atom.